The van der Waals surface area contributed by atoms with Crippen molar-refractivity contribution in [2.24, 2.45) is 5.73 Å². The number of hydrogen-bond donors (Lipinski definition) is 2. The van der Waals surface area contributed by atoms with Crippen molar-refractivity contribution in [1.82, 2.24) is 0 Å². The van der Waals surface area contributed by atoms with Gasteiger partial charge in [-0.05, 0) is 18.6 Å². The van der Waals surface area contributed by atoms with Gasteiger partial charge in [-0.3, -0.25) is 4.79 Å². The van der Waals surface area contributed by atoms with Crippen molar-refractivity contribution in [1.29, 1.82) is 0 Å². The Balaban J connectivity index is 2.91. The number of ether oxygens (including phenoxy) is 2. The minimum Gasteiger partial charge on any atom is -0.497 e. The summed E-state index contributed by atoms with van der Waals surface area (Å²) in [7, 11) is 3.10. The lowest BCUT2D eigenvalue weighted by molar-refractivity contribution is -0.117. The summed E-state index contributed by atoms with van der Waals surface area (Å²) in [6.45, 7) is 1.85. The van der Waals surface area contributed by atoms with Crippen LogP contribution in [-0.2, 0) is 4.79 Å². The normalized spacial score (nSPS) is 11.8. The third-order valence-corrected chi connectivity index (χ3v) is 2.44. The summed E-state index contributed by atoms with van der Waals surface area (Å²) in [6.07, 6.45) is 0.581. The molecular formula is C12H18N2O3. The van der Waals surface area contributed by atoms with E-state index in [2.05, 4.69) is 5.32 Å². The minimum atomic E-state index is -0.522. The first kappa shape index (κ1) is 13.3. The van der Waals surface area contributed by atoms with Crippen LogP contribution in [0.1, 0.15) is 13.3 Å². The molecule has 1 atom stereocenters. The largest absolute Gasteiger partial charge is 0.497 e. The van der Waals surface area contributed by atoms with Gasteiger partial charge in [-0.15, -0.1) is 0 Å². The van der Waals surface area contributed by atoms with Gasteiger partial charge in [-0.25, -0.2) is 0 Å². The molecule has 1 unspecified atom stereocenters. The fourth-order valence-corrected chi connectivity index (χ4v) is 1.32. The Kier molecular flexibility index (Phi) is 4.78. The van der Waals surface area contributed by atoms with E-state index in [4.69, 9.17) is 15.2 Å². The van der Waals surface area contributed by atoms with E-state index in [-0.39, 0.29) is 5.91 Å². The fraction of sp³-hybridized carbons (Fsp3) is 0.417. The molecule has 5 nitrogen and oxygen atoms in total. The Morgan fingerprint density at radius 1 is 1.41 bits per heavy atom. The summed E-state index contributed by atoms with van der Waals surface area (Å²) >= 11 is 0. The van der Waals surface area contributed by atoms with Crippen LogP contribution in [0.2, 0.25) is 0 Å². The number of hydrogen-bond acceptors (Lipinski definition) is 4. The van der Waals surface area contributed by atoms with Crippen molar-refractivity contribution in [3.05, 3.63) is 18.2 Å². The number of benzene rings is 1. The van der Waals surface area contributed by atoms with Crippen molar-refractivity contribution >= 4 is 11.6 Å². The zero-order chi connectivity index (χ0) is 12.8. The Bertz CT molecular complexity index is 393. The molecule has 0 spiro atoms. The van der Waals surface area contributed by atoms with Crippen molar-refractivity contribution in [3.8, 4) is 11.5 Å². The second kappa shape index (κ2) is 6.10. The molecule has 0 aliphatic carbocycles. The van der Waals surface area contributed by atoms with Gasteiger partial charge in [0.15, 0.2) is 0 Å². The Morgan fingerprint density at radius 2 is 2.12 bits per heavy atom. The lowest BCUT2D eigenvalue weighted by Crippen LogP contribution is -2.34. The van der Waals surface area contributed by atoms with Crippen LogP contribution in [0.3, 0.4) is 0 Å². The standard InChI is InChI=1S/C12H18N2O3/c1-4-9(13)12(15)14-10-7-8(16-2)5-6-11(10)17-3/h5-7,9H,4,13H2,1-3H3,(H,14,15). The molecule has 0 bridgehead atoms. The van der Waals surface area contributed by atoms with Gasteiger partial charge in [0.2, 0.25) is 5.91 Å². The molecular weight excluding hydrogens is 220 g/mol. The average molecular weight is 238 g/mol. The molecule has 0 aliphatic heterocycles. The molecule has 0 aliphatic rings. The van der Waals surface area contributed by atoms with E-state index in [1.54, 1.807) is 25.3 Å². The maximum atomic E-state index is 11.7. The number of amides is 1. The van der Waals surface area contributed by atoms with E-state index in [0.717, 1.165) is 0 Å². The van der Waals surface area contributed by atoms with Gasteiger partial charge in [0.05, 0.1) is 25.9 Å². The fourth-order valence-electron chi connectivity index (χ4n) is 1.32. The third kappa shape index (κ3) is 3.35. The molecule has 5 heteroatoms. The van der Waals surface area contributed by atoms with Crippen LogP contribution < -0.4 is 20.5 Å². The Morgan fingerprint density at radius 3 is 2.65 bits per heavy atom. The van der Waals surface area contributed by atoms with E-state index in [0.29, 0.717) is 23.6 Å². The van der Waals surface area contributed by atoms with Gasteiger partial charge in [-0.1, -0.05) is 6.92 Å². The first-order chi connectivity index (χ1) is 8.12. The van der Waals surface area contributed by atoms with Gasteiger partial charge in [-0.2, -0.15) is 0 Å². The van der Waals surface area contributed by atoms with Gasteiger partial charge in [0, 0.05) is 6.07 Å². The highest BCUT2D eigenvalue weighted by Gasteiger charge is 2.14. The molecule has 0 saturated carbocycles. The SMILES string of the molecule is CCC(N)C(=O)Nc1cc(OC)ccc1OC. The number of nitrogens with two attached hydrogens (primary N) is 1. The van der Waals surface area contributed by atoms with E-state index in [1.165, 1.54) is 7.11 Å². The van der Waals surface area contributed by atoms with Crippen molar-refractivity contribution in [2.45, 2.75) is 19.4 Å². The zero-order valence-electron chi connectivity index (χ0n) is 10.3. The number of carbonyl (C=O) groups excluding carboxylic acids is 1. The summed E-state index contributed by atoms with van der Waals surface area (Å²) in [4.78, 5) is 11.7. The molecule has 1 aromatic carbocycles. The van der Waals surface area contributed by atoms with Crippen LogP contribution in [-0.4, -0.2) is 26.2 Å². The van der Waals surface area contributed by atoms with Gasteiger partial charge in [0.25, 0.3) is 0 Å². The van der Waals surface area contributed by atoms with Crippen LogP contribution in [0, 0.1) is 0 Å². The Labute approximate surface area is 101 Å². The summed E-state index contributed by atoms with van der Waals surface area (Å²) in [5.41, 5.74) is 6.20. The van der Waals surface area contributed by atoms with Crippen LogP contribution in [0.5, 0.6) is 11.5 Å². The van der Waals surface area contributed by atoms with Gasteiger partial charge >= 0.3 is 0 Å². The van der Waals surface area contributed by atoms with E-state index in [9.17, 15) is 4.79 Å². The lowest BCUT2D eigenvalue weighted by Gasteiger charge is -2.14. The van der Waals surface area contributed by atoms with Crippen LogP contribution in [0.25, 0.3) is 0 Å². The number of nitrogens with one attached hydrogen (secondary N) is 1. The molecule has 0 aromatic heterocycles. The molecule has 0 saturated heterocycles. The lowest BCUT2D eigenvalue weighted by atomic mass is 10.2. The summed E-state index contributed by atoms with van der Waals surface area (Å²) in [5, 5.41) is 2.72. The number of rotatable bonds is 5. The summed E-state index contributed by atoms with van der Waals surface area (Å²) in [5.74, 6) is 0.979. The first-order valence-corrected chi connectivity index (χ1v) is 5.40. The molecule has 1 aromatic rings. The zero-order valence-corrected chi connectivity index (χ0v) is 10.3. The smallest absolute Gasteiger partial charge is 0.241 e. The molecule has 94 valence electrons. The van der Waals surface area contributed by atoms with E-state index in [1.807, 2.05) is 6.92 Å². The highest BCUT2D eigenvalue weighted by molar-refractivity contribution is 5.96. The topological polar surface area (TPSA) is 73.6 Å². The van der Waals surface area contributed by atoms with Crippen LogP contribution in [0.15, 0.2) is 18.2 Å². The number of methoxy groups -OCH3 is 2. The molecule has 17 heavy (non-hydrogen) atoms. The maximum absolute atomic E-state index is 11.7. The minimum absolute atomic E-state index is 0.237. The second-order valence-electron chi connectivity index (χ2n) is 3.57. The number of carbonyl (C=O) groups is 1. The van der Waals surface area contributed by atoms with Crippen LogP contribution in [0.4, 0.5) is 5.69 Å². The second-order valence-corrected chi connectivity index (χ2v) is 3.57. The highest BCUT2D eigenvalue weighted by atomic mass is 16.5. The Hall–Kier alpha value is -1.75. The number of anilines is 1. The van der Waals surface area contributed by atoms with E-state index >= 15 is 0 Å². The predicted molar refractivity (Wildman–Crippen MR) is 66.4 cm³/mol. The molecule has 3 N–H and O–H groups in total. The molecule has 0 fully saturated rings. The van der Waals surface area contributed by atoms with Crippen LogP contribution >= 0.6 is 0 Å². The quantitative estimate of drug-likeness (QED) is 0.812. The first-order valence-electron chi connectivity index (χ1n) is 5.40. The third-order valence-electron chi connectivity index (χ3n) is 2.44. The summed E-state index contributed by atoms with van der Waals surface area (Å²) in [6, 6.07) is 4.66. The van der Waals surface area contributed by atoms with Crippen molar-refractivity contribution in [3.63, 3.8) is 0 Å². The molecule has 1 amide bonds. The molecule has 1 rings (SSSR count). The predicted octanol–water partition coefficient (Wildman–Crippen LogP) is 1.38. The van der Waals surface area contributed by atoms with Crippen molar-refractivity contribution in [2.75, 3.05) is 19.5 Å². The van der Waals surface area contributed by atoms with E-state index < -0.39 is 6.04 Å². The summed E-state index contributed by atoms with van der Waals surface area (Å²) < 4.78 is 10.2. The van der Waals surface area contributed by atoms with Gasteiger partial charge < -0.3 is 20.5 Å². The molecule has 0 heterocycles. The van der Waals surface area contributed by atoms with Crippen molar-refractivity contribution < 1.29 is 14.3 Å². The molecule has 0 radical (unpaired) electrons. The van der Waals surface area contributed by atoms with Gasteiger partial charge in [0.1, 0.15) is 11.5 Å². The maximum Gasteiger partial charge on any atom is 0.241 e. The average Bonchev–Trinajstić information content (AvgIpc) is 2.37. The highest BCUT2D eigenvalue weighted by Crippen LogP contribution is 2.28. The monoisotopic (exact) mass is 238 g/mol.